The molecule has 1 aliphatic heterocycles. The number of carbonyl (C=O) groups excluding carboxylic acids is 3. The standard InChI is InChI=1S/C18H23N3O4/c1-11(22)19-14-8-7-13(10-16(14)25-2)20-17(23)15-4-3-9-21(15)18(24)12-5-6-12/h7-8,10,12,15H,3-6,9H2,1-2H3,(H,19,22)(H,20,23). The first kappa shape index (κ1) is 17.3. The van der Waals surface area contributed by atoms with Gasteiger partial charge in [-0.3, -0.25) is 14.4 Å². The van der Waals surface area contributed by atoms with Crippen molar-refractivity contribution in [2.75, 3.05) is 24.3 Å². The largest absolute Gasteiger partial charge is 0.494 e. The molecule has 1 aliphatic carbocycles. The van der Waals surface area contributed by atoms with Crippen molar-refractivity contribution in [1.29, 1.82) is 0 Å². The summed E-state index contributed by atoms with van der Waals surface area (Å²) >= 11 is 0. The van der Waals surface area contributed by atoms with Crippen molar-refractivity contribution in [3.8, 4) is 5.75 Å². The van der Waals surface area contributed by atoms with Gasteiger partial charge in [0.2, 0.25) is 17.7 Å². The third-order valence-corrected chi connectivity index (χ3v) is 4.54. The first-order chi connectivity index (χ1) is 12.0. The first-order valence-electron chi connectivity index (χ1n) is 8.56. The smallest absolute Gasteiger partial charge is 0.247 e. The average Bonchev–Trinajstić information content (AvgIpc) is 3.31. The van der Waals surface area contributed by atoms with Crippen molar-refractivity contribution in [2.24, 2.45) is 5.92 Å². The highest BCUT2D eigenvalue weighted by Gasteiger charge is 2.40. The zero-order chi connectivity index (χ0) is 18.0. The normalized spacial score (nSPS) is 19.4. The number of carbonyl (C=O) groups is 3. The fourth-order valence-corrected chi connectivity index (χ4v) is 3.16. The Balaban J connectivity index is 1.69. The van der Waals surface area contributed by atoms with Gasteiger partial charge in [0, 0.05) is 31.1 Å². The molecule has 1 saturated heterocycles. The number of nitrogens with one attached hydrogen (secondary N) is 2. The molecule has 1 atom stereocenters. The number of benzene rings is 1. The van der Waals surface area contributed by atoms with Crippen molar-refractivity contribution in [3.63, 3.8) is 0 Å². The van der Waals surface area contributed by atoms with Gasteiger partial charge in [-0.05, 0) is 37.8 Å². The Morgan fingerprint density at radius 2 is 1.92 bits per heavy atom. The van der Waals surface area contributed by atoms with Gasteiger partial charge in [0.05, 0.1) is 12.8 Å². The molecule has 1 saturated carbocycles. The van der Waals surface area contributed by atoms with Crippen molar-refractivity contribution < 1.29 is 19.1 Å². The van der Waals surface area contributed by atoms with E-state index in [1.165, 1.54) is 14.0 Å². The van der Waals surface area contributed by atoms with E-state index < -0.39 is 6.04 Å². The maximum Gasteiger partial charge on any atom is 0.247 e. The Bertz CT molecular complexity index is 700. The van der Waals surface area contributed by atoms with Crippen LogP contribution in [0.3, 0.4) is 0 Å². The second-order valence-corrected chi connectivity index (χ2v) is 6.55. The molecule has 0 bridgehead atoms. The summed E-state index contributed by atoms with van der Waals surface area (Å²) in [7, 11) is 1.50. The Hall–Kier alpha value is -2.57. The predicted octanol–water partition coefficient (Wildman–Crippen LogP) is 1.99. The summed E-state index contributed by atoms with van der Waals surface area (Å²) in [5.41, 5.74) is 1.11. The second kappa shape index (κ2) is 7.13. The van der Waals surface area contributed by atoms with Crippen molar-refractivity contribution >= 4 is 29.1 Å². The minimum Gasteiger partial charge on any atom is -0.494 e. The zero-order valence-corrected chi connectivity index (χ0v) is 14.5. The summed E-state index contributed by atoms with van der Waals surface area (Å²) in [5, 5.41) is 5.53. The summed E-state index contributed by atoms with van der Waals surface area (Å²) in [6.07, 6.45) is 3.41. The third kappa shape index (κ3) is 3.92. The van der Waals surface area contributed by atoms with E-state index in [1.54, 1.807) is 23.1 Å². The highest BCUT2D eigenvalue weighted by Crippen LogP contribution is 2.34. The number of hydrogen-bond acceptors (Lipinski definition) is 4. The second-order valence-electron chi connectivity index (χ2n) is 6.55. The lowest BCUT2D eigenvalue weighted by Crippen LogP contribution is -2.43. The van der Waals surface area contributed by atoms with Crippen LogP contribution in [0.25, 0.3) is 0 Å². The monoisotopic (exact) mass is 345 g/mol. The zero-order valence-electron chi connectivity index (χ0n) is 14.5. The molecule has 1 heterocycles. The lowest BCUT2D eigenvalue weighted by Gasteiger charge is -2.24. The number of rotatable bonds is 5. The molecule has 134 valence electrons. The van der Waals surface area contributed by atoms with E-state index in [0.29, 0.717) is 30.1 Å². The van der Waals surface area contributed by atoms with Crippen LogP contribution in [0.2, 0.25) is 0 Å². The van der Waals surface area contributed by atoms with Gasteiger partial charge in [-0.1, -0.05) is 0 Å². The molecule has 2 fully saturated rings. The summed E-state index contributed by atoms with van der Waals surface area (Å²) < 4.78 is 5.26. The number of hydrogen-bond donors (Lipinski definition) is 2. The van der Waals surface area contributed by atoms with Gasteiger partial charge in [0.25, 0.3) is 0 Å². The maximum atomic E-state index is 12.6. The van der Waals surface area contributed by atoms with Gasteiger partial charge < -0.3 is 20.3 Å². The molecule has 1 unspecified atom stereocenters. The fourth-order valence-electron chi connectivity index (χ4n) is 3.16. The SMILES string of the molecule is COc1cc(NC(=O)C2CCCN2C(=O)C2CC2)ccc1NC(C)=O. The van der Waals surface area contributed by atoms with E-state index >= 15 is 0 Å². The lowest BCUT2D eigenvalue weighted by molar-refractivity contribution is -0.137. The number of likely N-dealkylation sites (tertiary alicyclic amines) is 1. The predicted molar refractivity (Wildman–Crippen MR) is 93.4 cm³/mol. The minimum absolute atomic E-state index is 0.108. The molecule has 1 aromatic rings. The van der Waals surface area contributed by atoms with Crippen LogP contribution in [0.5, 0.6) is 5.75 Å². The van der Waals surface area contributed by atoms with Gasteiger partial charge in [0.1, 0.15) is 11.8 Å². The number of anilines is 2. The van der Waals surface area contributed by atoms with Crippen LogP contribution >= 0.6 is 0 Å². The van der Waals surface area contributed by atoms with Crippen molar-refractivity contribution in [1.82, 2.24) is 4.90 Å². The summed E-state index contributed by atoms with van der Waals surface area (Å²) in [6, 6.07) is 4.63. The highest BCUT2D eigenvalue weighted by molar-refractivity contribution is 5.99. The van der Waals surface area contributed by atoms with E-state index in [1.807, 2.05) is 0 Å². The van der Waals surface area contributed by atoms with E-state index in [2.05, 4.69) is 10.6 Å². The molecular weight excluding hydrogens is 322 g/mol. The molecule has 0 radical (unpaired) electrons. The van der Waals surface area contributed by atoms with Gasteiger partial charge in [-0.2, -0.15) is 0 Å². The molecule has 7 heteroatoms. The maximum absolute atomic E-state index is 12.6. The Morgan fingerprint density at radius 1 is 1.16 bits per heavy atom. The number of amides is 3. The fraction of sp³-hybridized carbons (Fsp3) is 0.500. The molecular formula is C18H23N3O4. The molecule has 25 heavy (non-hydrogen) atoms. The first-order valence-corrected chi connectivity index (χ1v) is 8.56. The van der Waals surface area contributed by atoms with Crippen LogP contribution in [0.4, 0.5) is 11.4 Å². The summed E-state index contributed by atoms with van der Waals surface area (Å²) in [5.74, 6) is 0.308. The van der Waals surface area contributed by atoms with E-state index in [0.717, 1.165) is 19.3 Å². The third-order valence-electron chi connectivity index (χ3n) is 4.54. The van der Waals surface area contributed by atoms with E-state index in [9.17, 15) is 14.4 Å². The summed E-state index contributed by atoms with van der Waals surface area (Å²) in [4.78, 5) is 37.9. The molecule has 1 aromatic carbocycles. The summed E-state index contributed by atoms with van der Waals surface area (Å²) in [6.45, 7) is 2.07. The van der Waals surface area contributed by atoms with Crippen molar-refractivity contribution in [2.45, 2.75) is 38.6 Å². The Kier molecular flexibility index (Phi) is 4.92. The van der Waals surface area contributed by atoms with Crippen molar-refractivity contribution in [3.05, 3.63) is 18.2 Å². The van der Waals surface area contributed by atoms with Crippen LogP contribution in [-0.4, -0.2) is 42.3 Å². The molecule has 0 aromatic heterocycles. The lowest BCUT2D eigenvalue weighted by atomic mass is 10.2. The van der Waals surface area contributed by atoms with Gasteiger partial charge in [-0.25, -0.2) is 0 Å². The van der Waals surface area contributed by atoms with Gasteiger partial charge >= 0.3 is 0 Å². The number of methoxy groups -OCH3 is 1. The Labute approximate surface area is 146 Å². The molecule has 3 rings (SSSR count). The van der Waals surface area contributed by atoms with Crippen LogP contribution in [0.1, 0.15) is 32.6 Å². The number of ether oxygens (including phenoxy) is 1. The molecule has 3 amide bonds. The van der Waals surface area contributed by atoms with Crippen LogP contribution in [-0.2, 0) is 14.4 Å². The van der Waals surface area contributed by atoms with Crippen LogP contribution in [0, 0.1) is 5.92 Å². The van der Waals surface area contributed by atoms with Crippen LogP contribution < -0.4 is 15.4 Å². The number of nitrogens with zero attached hydrogens (tertiary/aromatic N) is 1. The topological polar surface area (TPSA) is 87.7 Å². The quantitative estimate of drug-likeness (QED) is 0.854. The molecule has 2 aliphatic rings. The average molecular weight is 345 g/mol. The van der Waals surface area contributed by atoms with Gasteiger partial charge in [-0.15, -0.1) is 0 Å². The molecule has 0 spiro atoms. The van der Waals surface area contributed by atoms with Gasteiger partial charge in [0.15, 0.2) is 0 Å². The molecule has 2 N–H and O–H groups in total. The highest BCUT2D eigenvalue weighted by atomic mass is 16.5. The molecule has 7 nitrogen and oxygen atoms in total. The Morgan fingerprint density at radius 3 is 2.56 bits per heavy atom. The minimum atomic E-state index is -0.408. The van der Waals surface area contributed by atoms with E-state index in [-0.39, 0.29) is 23.6 Å². The van der Waals surface area contributed by atoms with E-state index in [4.69, 9.17) is 4.74 Å². The van der Waals surface area contributed by atoms with Crippen LogP contribution in [0.15, 0.2) is 18.2 Å².